The number of likely N-dealkylation sites (tertiary alicyclic amines) is 1. The summed E-state index contributed by atoms with van der Waals surface area (Å²) in [6.45, 7) is 1.03. The average molecular weight is 407 g/mol. The Bertz CT molecular complexity index is 921. The van der Waals surface area contributed by atoms with E-state index in [-0.39, 0.29) is 29.8 Å². The summed E-state index contributed by atoms with van der Waals surface area (Å²) < 4.78 is 0. The van der Waals surface area contributed by atoms with Gasteiger partial charge in [0.15, 0.2) is 0 Å². The number of hydrogen-bond donors (Lipinski definition) is 3. The van der Waals surface area contributed by atoms with Crippen molar-refractivity contribution in [3.8, 4) is 0 Å². The van der Waals surface area contributed by atoms with Gasteiger partial charge >= 0.3 is 6.03 Å². The zero-order valence-corrected chi connectivity index (χ0v) is 16.6. The SMILES string of the molecule is O=C(Nc1cccc(C(=O)N2CCC(C(=O)Nc3ccccn3)CC2)c1)NC1CC1. The van der Waals surface area contributed by atoms with Gasteiger partial charge in [-0.15, -0.1) is 0 Å². The van der Waals surface area contributed by atoms with Crippen molar-refractivity contribution in [2.24, 2.45) is 5.92 Å². The molecule has 4 rings (SSSR count). The molecular weight excluding hydrogens is 382 g/mol. The Balaban J connectivity index is 1.30. The van der Waals surface area contributed by atoms with Crippen molar-refractivity contribution in [2.75, 3.05) is 23.7 Å². The maximum Gasteiger partial charge on any atom is 0.319 e. The Kier molecular flexibility index (Phi) is 5.92. The lowest BCUT2D eigenvalue weighted by atomic mass is 9.95. The minimum Gasteiger partial charge on any atom is -0.339 e. The third-order valence-corrected chi connectivity index (χ3v) is 5.35. The molecule has 3 N–H and O–H groups in total. The molecule has 2 fully saturated rings. The molecule has 30 heavy (non-hydrogen) atoms. The Morgan fingerprint density at radius 1 is 0.933 bits per heavy atom. The minimum atomic E-state index is -0.248. The van der Waals surface area contributed by atoms with Crippen LogP contribution in [0.25, 0.3) is 0 Å². The summed E-state index contributed by atoms with van der Waals surface area (Å²) in [5.74, 6) is 0.240. The van der Waals surface area contributed by atoms with Crippen LogP contribution >= 0.6 is 0 Å². The number of anilines is 2. The average Bonchev–Trinajstić information content (AvgIpc) is 3.58. The molecule has 0 unspecified atom stereocenters. The number of piperidine rings is 1. The van der Waals surface area contributed by atoms with Gasteiger partial charge in [0.05, 0.1) is 0 Å². The molecule has 1 aromatic heterocycles. The molecule has 8 heteroatoms. The van der Waals surface area contributed by atoms with Crippen molar-refractivity contribution in [2.45, 2.75) is 31.7 Å². The van der Waals surface area contributed by atoms with Gasteiger partial charge < -0.3 is 20.9 Å². The topological polar surface area (TPSA) is 103 Å². The first-order valence-electron chi connectivity index (χ1n) is 10.3. The second kappa shape index (κ2) is 8.94. The quantitative estimate of drug-likeness (QED) is 0.709. The van der Waals surface area contributed by atoms with E-state index in [0.717, 1.165) is 12.8 Å². The van der Waals surface area contributed by atoms with Gasteiger partial charge in [-0.25, -0.2) is 9.78 Å². The molecule has 156 valence electrons. The second-order valence-electron chi connectivity index (χ2n) is 7.72. The molecule has 0 spiro atoms. The van der Waals surface area contributed by atoms with E-state index in [1.165, 1.54) is 0 Å². The number of nitrogens with zero attached hydrogens (tertiary/aromatic N) is 2. The third kappa shape index (κ3) is 5.14. The van der Waals surface area contributed by atoms with Crippen LogP contribution < -0.4 is 16.0 Å². The number of hydrogen-bond acceptors (Lipinski definition) is 4. The van der Waals surface area contributed by atoms with Crippen LogP contribution in [0, 0.1) is 5.92 Å². The van der Waals surface area contributed by atoms with Crippen LogP contribution in [0.2, 0.25) is 0 Å². The highest BCUT2D eigenvalue weighted by atomic mass is 16.2. The smallest absolute Gasteiger partial charge is 0.319 e. The van der Waals surface area contributed by atoms with Crippen molar-refractivity contribution in [1.82, 2.24) is 15.2 Å². The predicted molar refractivity (Wildman–Crippen MR) is 113 cm³/mol. The van der Waals surface area contributed by atoms with Gasteiger partial charge in [-0.05, 0) is 56.0 Å². The van der Waals surface area contributed by atoms with Crippen molar-refractivity contribution in [3.63, 3.8) is 0 Å². The van der Waals surface area contributed by atoms with Crippen LogP contribution in [0.5, 0.6) is 0 Å². The van der Waals surface area contributed by atoms with Crippen LogP contribution in [0.1, 0.15) is 36.0 Å². The maximum atomic E-state index is 12.9. The van der Waals surface area contributed by atoms with Gasteiger partial charge in [-0.2, -0.15) is 0 Å². The molecule has 2 aromatic rings. The van der Waals surface area contributed by atoms with E-state index in [0.29, 0.717) is 43.0 Å². The number of rotatable bonds is 5. The monoisotopic (exact) mass is 407 g/mol. The first kappa shape index (κ1) is 19.9. The lowest BCUT2D eigenvalue weighted by molar-refractivity contribution is -0.121. The highest BCUT2D eigenvalue weighted by Crippen LogP contribution is 2.22. The van der Waals surface area contributed by atoms with E-state index >= 15 is 0 Å². The molecule has 2 heterocycles. The predicted octanol–water partition coefficient (Wildman–Crippen LogP) is 2.86. The number of aromatic nitrogens is 1. The van der Waals surface area contributed by atoms with E-state index in [4.69, 9.17) is 0 Å². The van der Waals surface area contributed by atoms with Gasteiger partial charge in [-0.1, -0.05) is 12.1 Å². The van der Waals surface area contributed by atoms with Crippen LogP contribution in [-0.4, -0.2) is 46.9 Å². The number of pyridine rings is 1. The molecule has 2 aliphatic rings. The molecule has 4 amide bonds. The number of carbonyl (C=O) groups excluding carboxylic acids is 3. The van der Waals surface area contributed by atoms with Crippen molar-refractivity contribution < 1.29 is 14.4 Å². The molecular formula is C22H25N5O3. The molecule has 1 saturated heterocycles. The number of urea groups is 1. The summed E-state index contributed by atoms with van der Waals surface area (Å²) in [5.41, 5.74) is 1.11. The Labute approximate surface area is 175 Å². The zero-order chi connectivity index (χ0) is 20.9. The van der Waals surface area contributed by atoms with Crippen molar-refractivity contribution in [1.29, 1.82) is 0 Å². The maximum absolute atomic E-state index is 12.9. The Hall–Kier alpha value is -3.42. The van der Waals surface area contributed by atoms with Crippen LogP contribution in [-0.2, 0) is 4.79 Å². The molecule has 1 aliphatic carbocycles. The zero-order valence-electron chi connectivity index (χ0n) is 16.6. The Morgan fingerprint density at radius 2 is 1.73 bits per heavy atom. The second-order valence-corrected chi connectivity index (χ2v) is 7.72. The fourth-order valence-corrected chi connectivity index (χ4v) is 3.50. The van der Waals surface area contributed by atoms with Crippen molar-refractivity contribution in [3.05, 3.63) is 54.2 Å². The lowest BCUT2D eigenvalue weighted by Gasteiger charge is -2.31. The number of carbonyl (C=O) groups is 3. The van der Waals surface area contributed by atoms with Crippen LogP contribution in [0.4, 0.5) is 16.3 Å². The van der Waals surface area contributed by atoms with E-state index in [1.807, 2.05) is 6.07 Å². The fourth-order valence-electron chi connectivity index (χ4n) is 3.50. The summed E-state index contributed by atoms with van der Waals surface area (Å²) in [6, 6.07) is 12.3. The largest absolute Gasteiger partial charge is 0.339 e. The van der Waals surface area contributed by atoms with E-state index in [1.54, 1.807) is 47.5 Å². The minimum absolute atomic E-state index is 0.0614. The molecule has 8 nitrogen and oxygen atoms in total. The standard InChI is InChI=1S/C22H25N5O3/c28-20(26-19-6-1-2-11-23-19)15-9-12-27(13-10-15)21(29)16-4-3-5-18(14-16)25-22(30)24-17-7-8-17/h1-6,11,14-15,17H,7-10,12-13H2,(H,23,26,28)(H2,24,25,30). The van der Waals surface area contributed by atoms with Gasteiger partial charge in [-0.3, -0.25) is 9.59 Å². The molecule has 0 atom stereocenters. The highest BCUT2D eigenvalue weighted by molar-refractivity contribution is 5.97. The van der Waals surface area contributed by atoms with Crippen molar-refractivity contribution >= 4 is 29.4 Å². The molecule has 0 radical (unpaired) electrons. The van der Waals surface area contributed by atoms with E-state index in [2.05, 4.69) is 20.9 Å². The Morgan fingerprint density at radius 3 is 2.43 bits per heavy atom. The first-order chi connectivity index (χ1) is 14.6. The number of nitrogens with one attached hydrogen (secondary N) is 3. The summed E-state index contributed by atoms with van der Waals surface area (Å²) in [7, 11) is 0. The normalized spacial score (nSPS) is 16.6. The molecule has 1 aliphatic heterocycles. The lowest BCUT2D eigenvalue weighted by Crippen LogP contribution is -2.41. The third-order valence-electron chi connectivity index (χ3n) is 5.35. The summed E-state index contributed by atoms with van der Waals surface area (Å²) >= 11 is 0. The first-order valence-corrected chi connectivity index (χ1v) is 10.3. The fraction of sp³-hybridized carbons (Fsp3) is 0.364. The van der Waals surface area contributed by atoms with Crippen LogP contribution in [0.3, 0.4) is 0 Å². The number of benzene rings is 1. The van der Waals surface area contributed by atoms with Gasteiger partial charge in [0.25, 0.3) is 5.91 Å². The van der Waals surface area contributed by atoms with E-state index in [9.17, 15) is 14.4 Å². The molecule has 0 bridgehead atoms. The number of amides is 4. The van der Waals surface area contributed by atoms with Gasteiger partial charge in [0.1, 0.15) is 5.82 Å². The molecule has 1 aromatic carbocycles. The molecule has 1 saturated carbocycles. The van der Waals surface area contributed by atoms with Gasteiger partial charge in [0.2, 0.25) is 5.91 Å². The van der Waals surface area contributed by atoms with Crippen LogP contribution in [0.15, 0.2) is 48.7 Å². The summed E-state index contributed by atoms with van der Waals surface area (Å²) in [4.78, 5) is 43.1. The summed E-state index contributed by atoms with van der Waals surface area (Å²) in [6.07, 6.45) is 4.87. The summed E-state index contributed by atoms with van der Waals surface area (Å²) in [5, 5.41) is 8.47. The van der Waals surface area contributed by atoms with Gasteiger partial charge in [0, 0.05) is 42.5 Å². The highest BCUT2D eigenvalue weighted by Gasteiger charge is 2.28. The van der Waals surface area contributed by atoms with E-state index < -0.39 is 0 Å².